The monoisotopic (exact) mass is 290 g/mol. The molecule has 0 radical (unpaired) electrons. The summed E-state index contributed by atoms with van der Waals surface area (Å²) >= 11 is 0. The molecule has 0 bridgehead atoms. The molecule has 1 aliphatic heterocycles. The maximum atomic E-state index is 12.2. The number of carbonyl (C=O) groups is 1. The van der Waals surface area contributed by atoms with Crippen LogP contribution in [0.15, 0.2) is 24.4 Å². The zero-order chi connectivity index (χ0) is 15.0. The summed E-state index contributed by atoms with van der Waals surface area (Å²) in [5.74, 6) is 0.465. The lowest BCUT2D eigenvalue weighted by molar-refractivity contribution is -0.385. The zero-order valence-corrected chi connectivity index (χ0v) is 10.9. The van der Waals surface area contributed by atoms with Crippen molar-refractivity contribution in [1.82, 2.24) is 9.78 Å². The van der Waals surface area contributed by atoms with Gasteiger partial charge in [0.2, 0.25) is 12.5 Å². The van der Waals surface area contributed by atoms with Crippen molar-refractivity contribution in [3.8, 4) is 11.5 Å². The summed E-state index contributed by atoms with van der Waals surface area (Å²) in [6.07, 6.45) is 1.04. The second-order valence-electron chi connectivity index (χ2n) is 4.28. The van der Waals surface area contributed by atoms with Gasteiger partial charge in [0.25, 0.3) is 5.91 Å². The maximum Gasteiger partial charge on any atom is 0.320 e. The van der Waals surface area contributed by atoms with Crippen molar-refractivity contribution in [1.29, 1.82) is 0 Å². The van der Waals surface area contributed by atoms with Crippen LogP contribution in [0.3, 0.4) is 0 Å². The summed E-state index contributed by atoms with van der Waals surface area (Å²) in [4.78, 5) is 22.4. The highest BCUT2D eigenvalue weighted by atomic mass is 16.7. The second kappa shape index (κ2) is 4.78. The number of aromatic nitrogens is 2. The molecule has 1 aliphatic rings. The number of hydrogen-bond donors (Lipinski definition) is 1. The van der Waals surface area contributed by atoms with Gasteiger partial charge in [0, 0.05) is 18.8 Å². The molecule has 3 rings (SSSR count). The lowest BCUT2D eigenvalue weighted by Gasteiger charge is -2.06. The Balaban J connectivity index is 1.87. The molecular weight excluding hydrogens is 280 g/mol. The first kappa shape index (κ1) is 12.9. The lowest BCUT2D eigenvalue weighted by atomic mass is 10.2. The van der Waals surface area contributed by atoms with Crippen molar-refractivity contribution in [2.75, 3.05) is 12.1 Å². The summed E-state index contributed by atoms with van der Waals surface area (Å²) in [5.41, 5.74) is -0.0341. The predicted octanol–water partition coefficient (Wildman–Crippen LogP) is 1.31. The van der Waals surface area contributed by atoms with Gasteiger partial charge in [-0.25, -0.2) is 0 Å². The van der Waals surface area contributed by atoms with Gasteiger partial charge in [0.05, 0.1) is 4.92 Å². The van der Waals surface area contributed by atoms with Gasteiger partial charge in [-0.15, -0.1) is 0 Å². The molecule has 0 saturated heterocycles. The van der Waals surface area contributed by atoms with Crippen LogP contribution in [0.5, 0.6) is 11.5 Å². The Morgan fingerprint density at radius 1 is 1.43 bits per heavy atom. The van der Waals surface area contributed by atoms with Crippen LogP contribution < -0.4 is 14.8 Å². The predicted molar refractivity (Wildman–Crippen MR) is 70.4 cm³/mol. The van der Waals surface area contributed by atoms with Gasteiger partial charge in [-0.05, 0) is 12.1 Å². The lowest BCUT2D eigenvalue weighted by Crippen LogP contribution is -2.17. The fraction of sp³-hybridized carbons (Fsp3) is 0.167. The number of aryl methyl sites for hydroxylation is 1. The van der Waals surface area contributed by atoms with E-state index in [-0.39, 0.29) is 18.2 Å². The number of carbonyl (C=O) groups excluding carboxylic acids is 1. The van der Waals surface area contributed by atoms with E-state index in [9.17, 15) is 14.9 Å². The minimum Gasteiger partial charge on any atom is -0.454 e. The van der Waals surface area contributed by atoms with Crippen molar-refractivity contribution in [2.24, 2.45) is 7.05 Å². The number of fused-ring (bicyclic) bond motifs is 1. The number of nitro groups is 1. The van der Waals surface area contributed by atoms with E-state index in [2.05, 4.69) is 10.4 Å². The van der Waals surface area contributed by atoms with E-state index in [1.54, 1.807) is 18.2 Å². The fourth-order valence-electron chi connectivity index (χ4n) is 1.99. The Morgan fingerprint density at radius 2 is 2.19 bits per heavy atom. The minimum atomic E-state index is -0.651. The Morgan fingerprint density at radius 3 is 2.95 bits per heavy atom. The van der Waals surface area contributed by atoms with E-state index in [0.29, 0.717) is 17.2 Å². The molecule has 2 aromatic rings. The standard InChI is InChI=1S/C12H10N4O5/c1-15-11(8(5-13-15)16(18)19)12(17)14-7-2-3-9-10(4-7)21-6-20-9/h2-5H,6H2,1H3,(H,14,17). The van der Waals surface area contributed by atoms with Crippen LogP contribution in [0.1, 0.15) is 10.5 Å². The van der Waals surface area contributed by atoms with Gasteiger partial charge >= 0.3 is 5.69 Å². The average Bonchev–Trinajstić information content (AvgIpc) is 3.04. The minimum absolute atomic E-state index is 0.125. The van der Waals surface area contributed by atoms with Gasteiger partial charge in [0.15, 0.2) is 11.5 Å². The van der Waals surface area contributed by atoms with Crippen LogP contribution in [-0.2, 0) is 7.05 Å². The van der Waals surface area contributed by atoms with Crippen LogP contribution in [-0.4, -0.2) is 27.4 Å². The van der Waals surface area contributed by atoms with Crippen molar-refractivity contribution in [2.45, 2.75) is 0 Å². The first-order chi connectivity index (χ1) is 10.1. The molecule has 0 saturated carbocycles. The third kappa shape index (κ3) is 2.24. The molecule has 0 atom stereocenters. The number of amides is 1. The Hall–Kier alpha value is -3.10. The molecule has 1 amide bonds. The first-order valence-electron chi connectivity index (χ1n) is 5.93. The Bertz CT molecular complexity index is 739. The zero-order valence-electron chi connectivity index (χ0n) is 10.9. The molecule has 0 fully saturated rings. The van der Waals surface area contributed by atoms with E-state index >= 15 is 0 Å². The molecular formula is C12H10N4O5. The van der Waals surface area contributed by atoms with E-state index in [1.807, 2.05) is 0 Å². The topological polar surface area (TPSA) is 109 Å². The quantitative estimate of drug-likeness (QED) is 0.674. The number of ether oxygens (including phenoxy) is 2. The van der Waals surface area contributed by atoms with Crippen molar-refractivity contribution < 1.29 is 19.2 Å². The summed E-state index contributed by atoms with van der Waals surface area (Å²) in [6.45, 7) is 0.125. The summed E-state index contributed by atoms with van der Waals surface area (Å²) in [7, 11) is 1.46. The van der Waals surface area contributed by atoms with Crippen LogP contribution in [0.2, 0.25) is 0 Å². The number of benzene rings is 1. The van der Waals surface area contributed by atoms with E-state index in [0.717, 1.165) is 10.9 Å². The van der Waals surface area contributed by atoms with Crippen LogP contribution in [0.4, 0.5) is 11.4 Å². The fourth-order valence-corrected chi connectivity index (χ4v) is 1.99. The third-order valence-corrected chi connectivity index (χ3v) is 2.96. The first-order valence-corrected chi connectivity index (χ1v) is 5.93. The molecule has 108 valence electrons. The molecule has 0 aliphatic carbocycles. The highest BCUT2D eigenvalue weighted by Crippen LogP contribution is 2.34. The van der Waals surface area contributed by atoms with Gasteiger partial charge in [-0.2, -0.15) is 5.10 Å². The van der Waals surface area contributed by atoms with E-state index in [1.165, 1.54) is 7.05 Å². The second-order valence-corrected chi connectivity index (χ2v) is 4.28. The largest absolute Gasteiger partial charge is 0.454 e. The van der Waals surface area contributed by atoms with Crippen molar-refractivity contribution in [3.05, 3.63) is 40.2 Å². The normalized spacial score (nSPS) is 12.2. The Kier molecular flexibility index (Phi) is 2.94. The summed E-state index contributed by atoms with van der Waals surface area (Å²) in [6, 6.07) is 4.85. The molecule has 9 heteroatoms. The molecule has 0 spiro atoms. The molecule has 2 heterocycles. The number of anilines is 1. The number of hydrogen-bond acceptors (Lipinski definition) is 6. The number of nitrogens with one attached hydrogen (secondary N) is 1. The summed E-state index contributed by atoms with van der Waals surface area (Å²) < 4.78 is 11.5. The molecule has 21 heavy (non-hydrogen) atoms. The van der Waals surface area contributed by atoms with Gasteiger partial charge in [-0.1, -0.05) is 0 Å². The van der Waals surface area contributed by atoms with Gasteiger partial charge < -0.3 is 14.8 Å². The van der Waals surface area contributed by atoms with Crippen LogP contribution >= 0.6 is 0 Å². The van der Waals surface area contributed by atoms with Crippen molar-refractivity contribution >= 4 is 17.3 Å². The van der Waals surface area contributed by atoms with Gasteiger partial charge in [0.1, 0.15) is 6.20 Å². The third-order valence-electron chi connectivity index (χ3n) is 2.96. The highest BCUT2D eigenvalue weighted by Gasteiger charge is 2.26. The molecule has 9 nitrogen and oxygen atoms in total. The molecule has 0 unspecified atom stereocenters. The molecule has 1 N–H and O–H groups in total. The van der Waals surface area contributed by atoms with E-state index in [4.69, 9.17) is 9.47 Å². The van der Waals surface area contributed by atoms with Gasteiger partial charge in [-0.3, -0.25) is 19.6 Å². The Labute approximate surface area is 118 Å². The average molecular weight is 290 g/mol. The molecule has 1 aromatic carbocycles. The summed E-state index contributed by atoms with van der Waals surface area (Å²) in [5, 5.41) is 17.2. The van der Waals surface area contributed by atoms with Crippen LogP contribution in [0.25, 0.3) is 0 Å². The van der Waals surface area contributed by atoms with Crippen LogP contribution in [0, 0.1) is 10.1 Å². The molecule has 1 aromatic heterocycles. The number of nitrogens with zero attached hydrogens (tertiary/aromatic N) is 3. The maximum absolute atomic E-state index is 12.2. The SMILES string of the molecule is Cn1ncc([N+](=O)[O-])c1C(=O)Nc1ccc2c(c1)OCO2. The number of rotatable bonds is 3. The van der Waals surface area contributed by atoms with Crippen molar-refractivity contribution in [3.63, 3.8) is 0 Å². The van der Waals surface area contributed by atoms with E-state index < -0.39 is 10.8 Å². The highest BCUT2D eigenvalue weighted by molar-refractivity contribution is 6.05. The smallest absolute Gasteiger partial charge is 0.320 e.